The predicted octanol–water partition coefficient (Wildman–Crippen LogP) is 2.99. The van der Waals surface area contributed by atoms with Crippen LogP contribution >= 0.6 is 31.9 Å². The van der Waals surface area contributed by atoms with Gasteiger partial charge in [-0.25, -0.2) is 0 Å². The molecule has 0 spiro atoms. The second kappa shape index (κ2) is 8.46. The van der Waals surface area contributed by atoms with Crippen LogP contribution in [-0.4, -0.2) is 46.4 Å². The Balaban J connectivity index is 5.01. The first-order valence-corrected chi connectivity index (χ1v) is 8.72. The average Bonchev–Trinajstić information content (AvgIpc) is 2.40. The molecule has 0 N–H and O–H groups in total. The van der Waals surface area contributed by atoms with Crippen LogP contribution in [0.15, 0.2) is 0 Å². The summed E-state index contributed by atoms with van der Waals surface area (Å²) in [5.41, 5.74) is -1.28. The minimum Gasteiger partial charge on any atom is -0.465 e. The summed E-state index contributed by atoms with van der Waals surface area (Å²) in [5.74, 6) is -1.65. The Labute approximate surface area is 153 Å². The second-order valence-corrected chi connectivity index (χ2v) is 10.3. The maximum Gasteiger partial charge on any atom is 0.322 e. The van der Waals surface area contributed by atoms with Gasteiger partial charge < -0.3 is 14.2 Å². The summed E-state index contributed by atoms with van der Waals surface area (Å²) < 4.78 is 13.6. The van der Waals surface area contributed by atoms with Gasteiger partial charge in [-0.2, -0.15) is 0 Å². The van der Waals surface area contributed by atoms with Crippen molar-refractivity contribution in [2.24, 2.45) is 5.41 Å². The van der Waals surface area contributed by atoms with Crippen LogP contribution in [0.3, 0.4) is 0 Å². The quantitative estimate of drug-likeness (QED) is 0.315. The molecule has 0 fully saturated rings. The fourth-order valence-electron chi connectivity index (χ4n) is 1.26. The number of carbonyl (C=O) groups is 3. The van der Waals surface area contributed by atoms with E-state index in [1.807, 2.05) is 0 Å². The SMILES string of the molecule is CCOC(=O)C(C)(COC(=O)C(C)(C)Br)COC(=O)C(C)(C)Br. The number of hydrogen-bond donors (Lipinski definition) is 0. The molecule has 0 aromatic carbocycles. The van der Waals surface area contributed by atoms with Crippen molar-refractivity contribution in [3.8, 4) is 0 Å². The number of hydrogen-bond acceptors (Lipinski definition) is 6. The van der Waals surface area contributed by atoms with Gasteiger partial charge in [-0.05, 0) is 41.5 Å². The Bertz CT molecular complexity index is 418. The molecule has 0 aliphatic heterocycles. The first kappa shape index (κ1) is 22.4. The number of alkyl halides is 2. The zero-order valence-electron chi connectivity index (χ0n) is 14.3. The highest BCUT2D eigenvalue weighted by atomic mass is 79.9. The van der Waals surface area contributed by atoms with Crippen molar-refractivity contribution < 1.29 is 28.6 Å². The van der Waals surface area contributed by atoms with E-state index in [1.54, 1.807) is 34.6 Å². The van der Waals surface area contributed by atoms with Crippen molar-refractivity contribution >= 4 is 49.8 Å². The Morgan fingerprint density at radius 2 is 1.09 bits per heavy atom. The monoisotopic (exact) mass is 458 g/mol. The Hall–Kier alpha value is -0.630. The highest BCUT2D eigenvalue weighted by molar-refractivity contribution is 9.10. The molecule has 0 heterocycles. The van der Waals surface area contributed by atoms with Crippen LogP contribution in [0.4, 0.5) is 0 Å². The largest absolute Gasteiger partial charge is 0.465 e. The smallest absolute Gasteiger partial charge is 0.322 e. The number of halogens is 2. The molecule has 0 unspecified atom stereocenters. The normalized spacial score (nSPS) is 12.5. The van der Waals surface area contributed by atoms with E-state index in [1.165, 1.54) is 6.92 Å². The first-order valence-electron chi connectivity index (χ1n) is 7.13. The van der Waals surface area contributed by atoms with Gasteiger partial charge in [-0.15, -0.1) is 0 Å². The summed E-state index contributed by atoms with van der Waals surface area (Å²) in [6, 6.07) is 0. The molecular weight excluding hydrogens is 436 g/mol. The fraction of sp³-hybridized carbons (Fsp3) is 0.800. The van der Waals surface area contributed by atoms with Crippen molar-refractivity contribution in [1.82, 2.24) is 0 Å². The third-order valence-electron chi connectivity index (χ3n) is 2.78. The standard InChI is InChI=1S/C15H24Br2O6/c1-7-21-12(20)15(6,8-22-10(18)13(2,3)16)9-23-11(19)14(4,5)17/h7-9H2,1-6H3. The van der Waals surface area contributed by atoms with E-state index in [4.69, 9.17) is 14.2 Å². The lowest BCUT2D eigenvalue weighted by atomic mass is 9.93. The molecule has 8 heteroatoms. The van der Waals surface area contributed by atoms with Gasteiger partial charge >= 0.3 is 17.9 Å². The molecule has 0 bridgehead atoms. The van der Waals surface area contributed by atoms with Crippen molar-refractivity contribution in [2.75, 3.05) is 19.8 Å². The fourth-order valence-corrected chi connectivity index (χ4v) is 1.49. The first-order chi connectivity index (χ1) is 10.2. The lowest BCUT2D eigenvalue weighted by molar-refractivity contribution is -0.170. The minimum atomic E-state index is -1.28. The molecular formula is C15H24Br2O6. The van der Waals surface area contributed by atoms with Gasteiger partial charge in [0.1, 0.15) is 27.3 Å². The van der Waals surface area contributed by atoms with Crippen molar-refractivity contribution in [3.05, 3.63) is 0 Å². The average molecular weight is 460 g/mol. The van der Waals surface area contributed by atoms with Crippen LogP contribution in [0.2, 0.25) is 0 Å². The Morgan fingerprint density at radius 1 is 0.739 bits per heavy atom. The summed E-state index contributed by atoms with van der Waals surface area (Å²) in [5, 5.41) is 0. The molecule has 0 aliphatic rings. The summed E-state index contributed by atoms with van der Waals surface area (Å²) >= 11 is 6.37. The molecule has 134 valence electrons. The van der Waals surface area contributed by atoms with E-state index >= 15 is 0 Å². The summed E-state index contributed by atoms with van der Waals surface area (Å²) in [4.78, 5) is 35.9. The summed E-state index contributed by atoms with van der Waals surface area (Å²) in [6.45, 7) is 9.37. The maximum atomic E-state index is 12.2. The number of rotatable bonds is 8. The van der Waals surface area contributed by atoms with E-state index in [9.17, 15) is 14.4 Å². The van der Waals surface area contributed by atoms with E-state index in [0.717, 1.165) is 0 Å². The number of esters is 3. The van der Waals surface area contributed by atoms with Crippen LogP contribution in [0.1, 0.15) is 41.5 Å². The molecule has 0 radical (unpaired) electrons. The van der Waals surface area contributed by atoms with E-state index in [-0.39, 0.29) is 19.8 Å². The molecule has 0 aromatic rings. The number of ether oxygens (including phenoxy) is 3. The molecule has 0 saturated carbocycles. The van der Waals surface area contributed by atoms with Gasteiger partial charge in [0.25, 0.3) is 0 Å². The molecule has 0 amide bonds. The highest BCUT2D eigenvalue weighted by Gasteiger charge is 2.40. The number of carbonyl (C=O) groups excluding carboxylic acids is 3. The molecule has 0 saturated heterocycles. The lowest BCUT2D eigenvalue weighted by Gasteiger charge is -2.28. The van der Waals surface area contributed by atoms with E-state index < -0.39 is 32.0 Å². The lowest BCUT2D eigenvalue weighted by Crippen LogP contribution is -2.43. The van der Waals surface area contributed by atoms with Crippen LogP contribution in [0.25, 0.3) is 0 Å². The van der Waals surface area contributed by atoms with Crippen LogP contribution < -0.4 is 0 Å². The highest BCUT2D eigenvalue weighted by Crippen LogP contribution is 2.25. The van der Waals surface area contributed by atoms with Crippen molar-refractivity contribution in [1.29, 1.82) is 0 Å². The molecule has 0 aliphatic carbocycles. The molecule has 23 heavy (non-hydrogen) atoms. The van der Waals surface area contributed by atoms with Gasteiger partial charge in [-0.3, -0.25) is 14.4 Å². The van der Waals surface area contributed by atoms with Crippen LogP contribution in [0, 0.1) is 5.41 Å². The maximum absolute atomic E-state index is 12.2. The zero-order chi connectivity index (χ0) is 18.5. The molecule has 0 rings (SSSR count). The zero-order valence-corrected chi connectivity index (χ0v) is 17.5. The van der Waals surface area contributed by atoms with Gasteiger partial charge in [0.05, 0.1) is 6.61 Å². The van der Waals surface area contributed by atoms with E-state index in [0.29, 0.717) is 0 Å². The second-order valence-electron chi connectivity index (χ2n) is 6.38. The summed E-state index contributed by atoms with van der Waals surface area (Å²) in [7, 11) is 0. The Morgan fingerprint density at radius 3 is 1.35 bits per heavy atom. The van der Waals surface area contributed by atoms with Gasteiger partial charge in [-0.1, -0.05) is 31.9 Å². The van der Waals surface area contributed by atoms with Crippen molar-refractivity contribution in [3.63, 3.8) is 0 Å². The topological polar surface area (TPSA) is 78.9 Å². The third kappa shape index (κ3) is 7.65. The van der Waals surface area contributed by atoms with Crippen molar-refractivity contribution in [2.45, 2.75) is 50.2 Å². The van der Waals surface area contributed by atoms with E-state index in [2.05, 4.69) is 31.9 Å². The van der Waals surface area contributed by atoms with Gasteiger partial charge in [0.15, 0.2) is 0 Å². The van der Waals surface area contributed by atoms with Gasteiger partial charge in [0, 0.05) is 0 Å². The predicted molar refractivity (Wildman–Crippen MR) is 92.7 cm³/mol. The summed E-state index contributed by atoms with van der Waals surface area (Å²) in [6.07, 6.45) is 0. The Kier molecular flexibility index (Phi) is 8.23. The van der Waals surface area contributed by atoms with Crippen LogP contribution in [0.5, 0.6) is 0 Å². The van der Waals surface area contributed by atoms with Gasteiger partial charge in [0.2, 0.25) is 0 Å². The third-order valence-corrected chi connectivity index (χ3v) is 3.43. The van der Waals surface area contributed by atoms with Crippen LogP contribution in [-0.2, 0) is 28.6 Å². The molecule has 0 atom stereocenters. The molecule has 0 aromatic heterocycles. The molecule has 6 nitrogen and oxygen atoms in total. The minimum absolute atomic E-state index is 0.171.